The third kappa shape index (κ3) is 7.99. The van der Waals surface area contributed by atoms with Gasteiger partial charge in [-0.3, -0.25) is 4.79 Å². The molecule has 0 unspecified atom stereocenters. The van der Waals surface area contributed by atoms with Gasteiger partial charge in [0.2, 0.25) is 0 Å². The maximum atomic E-state index is 13.5. The van der Waals surface area contributed by atoms with Crippen LogP contribution in [0.5, 0.6) is 23.0 Å². The van der Waals surface area contributed by atoms with Gasteiger partial charge in [-0.15, -0.1) is 0 Å². The molecule has 0 amide bonds. The minimum Gasteiger partial charge on any atom is -0.423 e. The van der Waals surface area contributed by atoms with Crippen molar-refractivity contribution < 1.29 is 42.9 Å². The average molecular weight is 519 g/mol. The predicted octanol–water partition coefficient (Wildman–Crippen LogP) is 4.84. The molecule has 2 aromatic rings. The molecule has 0 aliphatic carbocycles. The van der Waals surface area contributed by atoms with E-state index in [1.165, 1.54) is 64.1 Å². The van der Waals surface area contributed by atoms with E-state index >= 15 is 0 Å². The van der Waals surface area contributed by atoms with Gasteiger partial charge in [0.1, 0.15) is 23.0 Å². The van der Waals surface area contributed by atoms with E-state index in [1.807, 2.05) is 0 Å². The zero-order valence-corrected chi connectivity index (χ0v) is 21.5. The molecule has 0 bridgehead atoms. The lowest BCUT2D eigenvalue weighted by Crippen LogP contribution is -2.13. The summed E-state index contributed by atoms with van der Waals surface area (Å²) in [4.78, 5) is 61.8. The summed E-state index contributed by atoms with van der Waals surface area (Å²) in [5, 5.41) is 0. The van der Waals surface area contributed by atoms with Crippen molar-refractivity contribution in [3.05, 3.63) is 96.1 Å². The molecule has 0 saturated carbocycles. The van der Waals surface area contributed by atoms with Gasteiger partial charge in [-0.1, -0.05) is 26.3 Å². The molecule has 0 fully saturated rings. The fourth-order valence-electron chi connectivity index (χ4n) is 2.58. The fraction of sp³-hybridized carbons (Fsp3) is 0.138. The number of hydrogen-bond acceptors (Lipinski definition) is 9. The third-order valence-corrected chi connectivity index (χ3v) is 4.52. The number of ether oxygens (including phenoxy) is 4. The number of ketones is 1. The summed E-state index contributed by atoms with van der Waals surface area (Å²) in [6.45, 7) is 19.8. The molecule has 0 aliphatic rings. The van der Waals surface area contributed by atoms with Crippen LogP contribution in [-0.4, -0.2) is 29.7 Å². The minimum atomic E-state index is -0.769. The molecule has 0 aliphatic heterocycles. The van der Waals surface area contributed by atoms with Crippen LogP contribution in [-0.2, 0) is 19.2 Å². The lowest BCUT2D eigenvalue weighted by molar-refractivity contribution is -0.131. The molecule has 0 aromatic heterocycles. The standard InChI is InChI=1S/C29H26O9/c1-15(2)26(31)35-21-9-19(10-22(13-21)36-27(32)16(3)4)25(30)20-11-23(37-28(33)17(5)6)14-24(12-20)38-29(34)18(7)8/h9-14H,1,3,5,7H2,2,4,6,8H3. The summed E-state index contributed by atoms with van der Waals surface area (Å²) in [6, 6.07) is 7.45. The topological polar surface area (TPSA) is 122 Å². The van der Waals surface area contributed by atoms with Crippen molar-refractivity contribution in [2.24, 2.45) is 0 Å². The number of hydrogen-bond donors (Lipinski definition) is 0. The Morgan fingerprint density at radius 1 is 0.447 bits per heavy atom. The van der Waals surface area contributed by atoms with Crippen molar-refractivity contribution >= 4 is 29.7 Å². The van der Waals surface area contributed by atoms with Crippen LogP contribution in [0, 0.1) is 0 Å². The Labute approximate surface area is 219 Å². The van der Waals surface area contributed by atoms with Crippen molar-refractivity contribution in [2.45, 2.75) is 27.7 Å². The second-order valence-electron chi connectivity index (χ2n) is 8.39. The lowest BCUT2D eigenvalue weighted by atomic mass is 10.0. The molecule has 196 valence electrons. The Kier molecular flexibility index (Phi) is 9.42. The van der Waals surface area contributed by atoms with E-state index in [0.717, 1.165) is 0 Å². The largest absolute Gasteiger partial charge is 0.423 e. The summed E-state index contributed by atoms with van der Waals surface area (Å²) in [6.07, 6.45) is 0. The van der Waals surface area contributed by atoms with Crippen LogP contribution in [0.2, 0.25) is 0 Å². The van der Waals surface area contributed by atoms with E-state index in [-0.39, 0.29) is 56.4 Å². The molecule has 2 rings (SSSR count). The molecule has 38 heavy (non-hydrogen) atoms. The van der Waals surface area contributed by atoms with Crippen LogP contribution in [0.4, 0.5) is 0 Å². The summed E-state index contributed by atoms with van der Waals surface area (Å²) in [7, 11) is 0. The van der Waals surface area contributed by atoms with Crippen molar-refractivity contribution in [2.75, 3.05) is 0 Å². The van der Waals surface area contributed by atoms with E-state index in [9.17, 15) is 24.0 Å². The second kappa shape index (κ2) is 12.3. The Bertz CT molecular complexity index is 1210. The smallest absolute Gasteiger partial charge is 0.338 e. The monoisotopic (exact) mass is 518 g/mol. The van der Waals surface area contributed by atoms with Gasteiger partial charge in [0, 0.05) is 45.6 Å². The summed E-state index contributed by atoms with van der Waals surface area (Å²) < 4.78 is 20.9. The third-order valence-electron chi connectivity index (χ3n) is 4.52. The fourth-order valence-corrected chi connectivity index (χ4v) is 2.58. The first-order valence-electron chi connectivity index (χ1n) is 11.0. The highest BCUT2D eigenvalue weighted by atomic mass is 16.6. The Balaban J connectivity index is 2.62. The van der Waals surface area contributed by atoms with Crippen LogP contribution in [0.3, 0.4) is 0 Å². The van der Waals surface area contributed by atoms with Crippen LogP contribution in [0.1, 0.15) is 43.6 Å². The van der Waals surface area contributed by atoms with Gasteiger partial charge in [-0.25, -0.2) is 19.2 Å². The molecule has 0 radical (unpaired) electrons. The Morgan fingerprint density at radius 2 is 0.658 bits per heavy atom. The highest BCUT2D eigenvalue weighted by Gasteiger charge is 2.20. The first kappa shape index (κ1) is 29.2. The average Bonchev–Trinajstić information content (AvgIpc) is 2.82. The highest BCUT2D eigenvalue weighted by molar-refractivity contribution is 6.10. The molecule has 2 aromatic carbocycles. The quantitative estimate of drug-likeness (QED) is 0.188. The van der Waals surface area contributed by atoms with Crippen LogP contribution in [0.15, 0.2) is 85.0 Å². The molecule has 0 N–H and O–H groups in total. The maximum Gasteiger partial charge on any atom is 0.338 e. The SMILES string of the molecule is C=C(C)C(=O)Oc1cc(OC(=O)C(=C)C)cc(C(=O)c2cc(OC(=O)C(=C)C)cc(OC(=O)C(=C)C)c2)c1. The maximum absolute atomic E-state index is 13.5. The Hall–Kier alpha value is -5.05. The van der Waals surface area contributed by atoms with Crippen molar-refractivity contribution in [1.29, 1.82) is 0 Å². The van der Waals surface area contributed by atoms with Crippen LogP contribution >= 0.6 is 0 Å². The number of carbonyl (C=O) groups excluding carboxylic acids is 5. The number of benzene rings is 2. The van der Waals surface area contributed by atoms with Crippen LogP contribution < -0.4 is 18.9 Å². The van der Waals surface area contributed by atoms with E-state index < -0.39 is 29.7 Å². The van der Waals surface area contributed by atoms with Gasteiger partial charge >= 0.3 is 23.9 Å². The number of carbonyl (C=O) groups is 5. The van der Waals surface area contributed by atoms with Gasteiger partial charge in [0.25, 0.3) is 0 Å². The van der Waals surface area contributed by atoms with E-state index in [2.05, 4.69) is 26.3 Å². The summed E-state index contributed by atoms with van der Waals surface area (Å²) in [5.41, 5.74) is 0.247. The van der Waals surface area contributed by atoms with Gasteiger partial charge in [0.15, 0.2) is 5.78 Å². The summed E-state index contributed by atoms with van der Waals surface area (Å²) in [5.74, 6) is -4.17. The summed E-state index contributed by atoms with van der Waals surface area (Å²) >= 11 is 0. The van der Waals surface area contributed by atoms with Crippen molar-refractivity contribution in [1.82, 2.24) is 0 Å². The van der Waals surface area contributed by atoms with E-state index in [4.69, 9.17) is 18.9 Å². The molecular weight excluding hydrogens is 492 g/mol. The molecule has 0 saturated heterocycles. The molecule has 9 heteroatoms. The van der Waals surface area contributed by atoms with Gasteiger partial charge in [-0.05, 0) is 52.0 Å². The molecule has 0 spiro atoms. The normalized spacial score (nSPS) is 10.0. The minimum absolute atomic E-state index is 0.0675. The highest BCUT2D eigenvalue weighted by Crippen LogP contribution is 2.30. The molecule has 9 nitrogen and oxygen atoms in total. The predicted molar refractivity (Wildman–Crippen MR) is 138 cm³/mol. The zero-order chi connectivity index (χ0) is 28.7. The first-order chi connectivity index (χ1) is 17.7. The van der Waals surface area contributed by atoms with Gasteiger partial charge in [0.05, 0.1) is 0 Å². The van der Waals surface area contributed by atoms with E-state index in [0.29, 0.717) is 0 Å². The number of rotatable bonds is 10. The number of esters is 4. The first-order valence-corrected chi connectivity index (χ1v) is 11.0. The molecule has 0 heterocycles. The van der Waals surface area contributed by atoms with Gasteiger partial charge in [-0.2, -0.15) is 0 Å². The zero-order valence-electron chi connectivity index (χ0n) is 21.5. The Morgan fingerprint density at radius 3 is 0.842 bits per heavy atom. The van der Waals surface area contributed by atoms with E-state index in [1.54, 1.807) is 0 Å². The van der Waals surface area contributed by atoms with Gasteiger partial charge < -0.3 is 18.9 Å². The second-order valence-corrected chi connectivity index (χ2v) is 8.39. The molecule has 0 atom stereocenters. The van der Waals surface area contributed by atoms with Crippen molar-refractivity contribution in [3.8, 4) is 23.0 Å². The lowest BCUT2D eigenvalue weighted by Gasteiger charge is -2.12. The van der Waals surface area contributed by atoms with Crippen molar-refractivity contribution in [3.63, 3.8) is 0 Å². The van der Waals surface area contributed by atoms with Crippen LogP contribution in [0.25, 0.3) is 0 Å². The molecular formula is C29H26O9.